The number of carbonyl (C=O) groups excluding carboxylic acids is 1. The van der Waals surface area contributed by atoms with Crippen molar-refractivity contribution in [2.24, 2.45) is 0 Å². The monoisotopic (exact) mass is 346 g/mol. The summed E-state index contributed by atoms with van der Waals surface area (Å²) in [6.45, 7) is 5.95. The molecule has 0 aromatic carbocycles. The maximum absolute atomic E-state index is 12.2. The molecule has 0 aliphatic heterocycles. The molecule has 1 amide bonds. The van der Waals surface area contributed by atoms with E-state index in [0.29, 0.717) is 24.8 Å². The molecular formula is C17H22N4O4. The second kappa shape index (κ2) is 7.78. The van der Waals surface area contributed by atoms with E-state index in [4.69, 9.17) is 4.42 Å². The lowest BCUT2D eigenvalue weighted by atomic mass is 9.85. The number of nitrogens with zero attached hydrogens (tertiary/aromatic N) is 2. The Morgan fingerprint density at radius 1 is 1.28 bits per heavy atom. The molecule has 2 heterocycles. The molecule has 0 aliphatic carbocycles. The van der Waals surface area contributed by atoms with E-state index in [0.717, 1.165) is 0 Å². The first kappa shape index (κ1) is 18.4. The van der Waals surface area contributed by atoms with Crippen molar-refractivity contribution in [2.45, 2.75) is 32.6 Å². The van der Waals surface area contributed by atoms with Crippen molar-refractivity contribution in [1.82, 2.24) is 15.3 Å². The molecule has 0 aliphatic rings. The molecular weight excluding hydrogens is 324 g/mol. The molecule has 0 spiro atoms. The third-order valence-corrected chi connectivity index (χ3v) is 3.56. The number of aromatic nitrogens is 2. The molecule has 0 saturated heterocycles. The Bertz CT molecular complexity index is 787. The van der Waals surface area contributed by atoms with E-state index in [1.54, 1.807) is 39.2 Å². The summed E-state index contributed by atoms with van der Waals surface area (Å²) in [6.07, 6.45) is 3.31. The van der Waals surface area contributed by atoms with Gasteiger partial charge in [-0.25, -0.2) is 9.97 Å². The van der Waals surface area contributed by atoms with Crippen molar-refractivity contribution in [1.29, 1.82) is 0 Å². The largest absolute Gasteiger partial charge is 0.502 e. The van der Waals surface area contributed by atoms with Crippen molar-refractivity contribution < 1.29 is 14.3 Å². The van der Waals surface area contributed by atoms with Crippen LogP contribution in [0.2, 0.25) is 0 Å². The molecule has 2 aromatic rings. The SMILES string of the molecule is Cc1cc(=O)c(O)c(C(C)(C)CC(=O)NCCNc2ncccn2)o1. The van der Waals surface area contributed by atoms with Gasteiger partial charge in [-0.3, -0.25) is 9.59 Å². The lowest BCUT2D eigenvalue weighted by Crippen LogP contribution is -2.34. The summed E-state index contributed by atoms with van der Waals surface area (Å²) in [7, 11) is 0. The summed E-state index contributed by atoms with van der Waals surface area (Å²) in [5, 5.41) is 15.7. The first-order valence-electron chi connectivity index (χ1n) is 7.91. The average molecular weight is 346 g/mol. The maximum atomic E-state index is 12.2. The van der Waals surface area contributed by atoms with Crippen LogP contribution in [0.25, 0.3) is 0 Å². The number of nitrogens with one attached hydrogen (secondary N) is 2. The number of amides is 1. The Morgan fingerprint density at radius 2 is 1.96 bits per heavy atom. The number of aromatic hydroxyl groups is 1. The third-order valence-electron chi connectivity index (χ3n) is 3.56. The van der Waals surface area contributed by atoms with Crippen molar-refractivity contribution in [2.75, 3.05) is 18.4 Å². The molecule has 25 heavy (non-hydrogen) atoms. The molecule has 0 bridgehead atoms. The normalized spacial score (nSPS) is 11.2. The van der Waals surface area contributed by atoms with Gasteiger partial charge in [-0.1, -0.05) is 13.8 Å². The Hall–Kier alpha value is -2.90. The minimum Gasteiger partial charge on any atom is -0.502 e. The molecule has 2 rings (SSSR count). The van der Waals surface area contributed by atoms with Gasteiger partial charge in [-0.2, -0.15) is 0 Å². The Kier molecular flexibility index (Phi) is 5.74. The number of hydrogen-bond donors (Lipinski definition) is 3. The summed E-state index contributed by atoms with van der Waals surface area (Å²) < 4.78 is 5.48. The van der Waals surface area contributed by atoms with E-state index in [9.17, 15) is 14.7 Å². The minimum atomic E-state index is -0.824. The van der Waals surface area contributed by atoms with E-state index in [1.165, 1.54) is 6.07 Å². The summed E-state index contributed by atoms with van der Waals surface area (Å²) in [5.41, 5.74) is -1.34. The van der Waals surface area contributed by atoms with Crippen LogP contribution in [0.1, 0.15) is 31.8 Å². The number of aryl methyl sites for hydroxylation is 1. The molecule has 0 unspecified atom stereocenters. The van der Waals surface area contributed by atoms with Crippen LogP contribution in [0.3, 0.4) is 0 Å². The van der Waals surface area contributed by atoms with Crippen LogP contribution in [-0.2, 0) is 10.2 Å². The standard InChI is InChI=1S/C17H22N4O4/c1-11-9-12(22)14(24)15(25-11)17(2,3)10-13(23)18-7-8-21-16-19-5-4-6-20-16/h4-6,9,24H,7-8,10H2,1-3H3,(H,18,23)(H,19,20,21). The highest BCUT2D eigenvalue weighted by Gasteiger charge is 2.31. The molecule has 8 nitrogen and oxygen atoms in total. The zero-order valence-corrected chi connectivity index (χ0v) is 14.5. The molecule has 8 heteroatoms. The van der Waals surface area contributed by atoms with Gasteiger partial charge in [-0.05, 0) is 13.0 Å². The molecule has 3 N–H and O–H groups in total. The predicted octanol–water partition coefficient (Wildman–Crippen LogP) is 1.34. The fourth-order valence-electron chi connectivity index (χ4n) is 2.37. The lowest BCUT2D eigenvalue weighted by molar-refractivity contribution is -0.122. The van der Waals surface area contributed by atoms with Crippen LogP contribution in [0.5, 0.6) is 5.75 Å². The van der Waals surface area contributed by atoms with Crippen LogP contribution in [0, 0.1) is 6.92 Å². The van der Waals surface area contributed by atoms with Gasteiger partial charge in [0.2, 0.25) is 23.0 Å². The van der Waals surface area contributed by atoms with Crippen LogP contribution in [0.15, 0.2) is 33.7 Å². The fraction of sp³-hybridized carbons (Fsp3) is 0.412. The topological polar surface area (TPSA) is 117 Å². The zero-order chi connectivity index (χ0) is 18.4. The molecule has 0 atom stereocenters. The number of rotatable bonds is 7. The van der Waals surface area contributed by atoms with Gasteiger partial charge in [0.25, 0.3) is 0 Å². The van der Waals surface area contributed by atoms with Crippen molar-refractivity contribution >= 4 is 11.9 Å². The van der Waals surface area contributed by atoms with Gasteiger partial charge >= 0.3 is 0 Å². The average Bonchev–Trinajstić information content (AvgIpc) is 2.55. The molecule has 2 aromatic heterocycles. The van der Waals surface area contributed by atoms with Gasteiger partial charge < -0.3 is 20.2 Å². The van der Waals surface area contributed by atoms with Gasteiger partial charge in [0, 0.05) is 43.4 Å². The molecule has 0 radical (unpaired) electrons. The van der Waals surface area contributed by atoms with Gasteiger partial charge in [0.15, 0.2) is 5.76 Å². The van der Waals surface area contributed by atoms with E-state index in [2.05, 4.69) is 20.6 Å². The first-order chi connectivity index (χ1) is 11.8. The summed E-state index contributed by atoms with van der Waals surface area (Å²) in [4.78, 5) is 31.9. The lowest BCUT2D eigenvalue weighted by Gasteiger charge is -2.23. The first-order valence-corrected chi connectivity index (χ1v) is 7.91. The molecule has 134 valence electrons. The van der Waals surface area contributed by atoms with E-state index in [-0.39, 0.29) is 18.1 Å². The second-order valence-corrected chi connectivity index (χ2v) is 6.31. The summed E-state index contributed by atoms with van der Waals surface area (Å²) in [5.74, 6) is 0.320. The highest BCUT2D eigenvalue weighted by Crippen LogP contribution is 2.32. The van der Waals surface area contributed by atoms with E-state index in [1.807, 2.05) is 0 Å². The third kappa shape index (κ3) is 5.03. The maximum Gasteiger partial charge on any atom is 0.227 e. The molecule has 0 fully saturated rings. The quantitative estimate of drug-likeness (QED) is 0.648. The van der Waals surface area contributed by atoms with Crippen molar-refractivity contribution in [3.63, 3.8) is 0 Å². The number of hydrogen-bond acceptors (Lipinski definition) is 7. The predicted molar refractivity (Wildman–Crippen MR) is 92.6 cm³/mol. The number of anilines is 1. The Balaban J connectivity index is 1.90. The Morgan fingerprint density at radius 3 is 2.64 bits per heavy atom. The summed E-state index contributed by atoms with van der Waals surface area (Å²) >= 11 is 0. The van der Waals surface area contributed by atoms with Crippen LogP contribution in [-0.4, -0.2) is 34.1 Å². The minimum absolute atomic E-state index is 0.0643. The molecule has 0 saturated carbocycles. The summed E-state index contributed by atoms with van der Waals surface area (Å²) in [6, 6.07) is 2.93. The van der Waals surface area contributed by atoms with Crippen LogP contribution < -0.4 is 16.1 Å². The van der Waals surface area contributed by atoms with E-state index >= 15 is 0 Å². The smallest absolute Gasteiger partial charge is 0.227 e. The van der Waals surface area contributed by atoms with Gasteiger partial charge in [-0.15, -0.1) is 0 Å². The zero-order valence-electron chi connectivity index (χ0n) is 14.5. The highest BCUT2D eigenvalue weighted by atomic mass is 16.4. The van der Waals surface area contributed by atoms with Gasteiger partial charge in [0.05, 0.1) is 0 Å². The fourth-order valence-corrected chi connectivity index (χ4v) is 2.37. The number of carbonyl (C=O) groups is 1. The van der Waals surface area contributed by atoms with Crippen LogP contribution in [0.4, 0.5) is 5.95 Å². The van der Waals surface area contributed by atoms with Crippen molar-refractivity contribution in [3.8, 4) is 5.75 Å². The van der Waals surface area contributed by atoms with Crippen LogP contribution >= 0.6 is 0 Å². The van der Waals surface area contributed by atoms with E-state index < -0.39 is 16.6 Å². The highest BCUT2D eigenvalue weighted by molar-refractivity contribution is 5.77. The van der Waals surface area contributed by atoms with Gasteiger partial charge in [0.1, 0.15) is 5.76 Å². The van der Waals surface area contributed by atoms with Crippen molar-refractivity contribution in [3.05, 3.63) is 46.3 Å². The Labute approximate surface area is 145 Å². The second-order valence-electron chi connectivity index (χ2n) is 6.31.